The molecule has 1 N–H and O–H groups in total. The summed E-state index contributed by atoms with van der Waals surface area (Å²) in [5, 5.41) is 2.32. The highest BCUT2D eigenvalue weighted by Crippen LogP contribution is 2.25. The Labute approximate surface area is 229 Å². The number of nitrogens with one attached hydrogen (secondary N) is 1. The molecule has 3 aromatic carbocycles. The minimum atomic E-state index is -0.469. The molecule has 6 nitrogen and oxygen atoms in total. The van der Waals surface area contributed by atoms with Crippen LogP contribution in [0.15, 0.2) is 96.8 Å². The van der Waals surface area contributed by atoms with Gasteiger partial charge < -0.3 is 9.47 Å². The maximum Gasteiger partial charge on any atom is 0.294 e. The van der Waals surface area contributed by atoms with Gasteiger partial charge in [-0.15, -0.1) is 0 Å². The number of allylic oxidation sites excluding steroid dienone is 1. The summed E-state index contributed by atoms with van der Waals surface area (Å²) < 4.78 is 11.5. The first-order valence-corrected chi connectivity index (χ1v) is 13.4. The van der Waals surface area contributed by atoms with Crippen LogP contribution in [0.5, 0.6) is 5.75 Å². The first-order chi connectivity index (χ1) is 19.1. The van der Waals surface area contributed by atoms with Gasteiger partial charge in [0.25, 0.3) is 11.8 Å². The largest absolute Gasteiger partial charge is 0.494 e. The molecule has 4 rings (SSSR count). The van der Waals surface area contributed by atoms with E-state index in [2.05, 4.69) is 5.32 Å². The van der Waals surface area contributed by atoms with Gasteiger partial charge in [0.2, 0.25) is 0 Å². The van der Waals surface area contributed by atoms with Crippen molar-refractivity contribution in [2.45, 2.75) is 38.5 Å². The van der Waals surface area contributed by atoms with Gasteiger partial charge in [0.1, 0.15) is 5.75 Å². The van der Waals surface area contributed by atoms with E-state index in [0.29, 0.717) is 29.9 Å². The molecule has 0 spiro atoms. The molecule has 0 saturated heterocycles. The topological polar surface area (TPSA) is 81.7 Å². The highest BCUT2D eigenvalue weighted by atomic mass is 16.5. The van der Waals surface area contributed by atoms with Gasteiger partial charge >= 0.3 is 0 Å². The number of unbranched alkanes of at least 4 members (excludes halogenated alkanes) is 5. The van der Waals surface area contributed by atoms with Crippen molar-refractivity contribution in [2.24, 2.45) is 0 Å². The lowest BCUT2D eigenvalue weighted by Gasteiger charge is -2.08. The van der Waals surface area contributed by atoms with Crippen molar-refractivity contribution in [3.05, 3.63) is 113 Å². The van der Waals surface area contributed by atoms with Crippen molar-refractivity contribution in [1.82, 2.24) is 5.32 Å². The minimum Gasteiger partial charge on any atom is -0.494 e. The quantitative estimate of drug-likeness (QED) is 0.108. The van der Waals surface area contributed by atoms with Crippen LogP contribution in [0.25, 0.3) is 11.6 Å². The molecule has 2 amide bonds. The second-order valence-corrected chi connectivity index (χ2v) is 9.30. The van der Waals surface area contributed by atoms with E-state index in [1.165, 1.54) is 0 Å². The van der Waals surface area contributed by atoms with Crippen molar-refractivity contribution in [2.75, 3.05) is 13.2 Å². The third-order valence-corrected chi connectivity index (χ3v) is 6.37. The standard InChI is InChI=1S/C33H33NO5/c35-29(26-13-7-5-8-14-26)22-19-25-17-20-28(21-18-25)38-23-11-3-1-2-4-12-24-39-31-30(32(36)34-33(31)37)27-15-9-6-10-16-27/h5-10,13-22H,1-4,11-12,23-24H2,(H,34,36,37). The summed E-state index contributed by atoms with van der Waals surface area (Å²) in [5.41, 5.74) is 2.61. The fourth-order valence-corrected chi connectivity index (χ4v) is 4.26. The zero-order chi connectivity index (χ0) is 27.3. The fourth-order valence-electron chi connectivity index (χ4n) is 4.26. The van der Waals surface area contributed by atoms with Gasteiger partial charge in [0, 0.05) is 5.56 Å². The van der Waals surface area contributed by atoms with E-state index in [1.807, 2.05) is 66.7 Å². The van der Waals surface area contributed by atoms with E-state index in [9.17, 15) is 14.4 Å². The van der Waals surface area contributed by atoms with Gasteiger partial charge in [-0.1, -0.05) is 105 Å². The molecule has 0 fully saturated rings. The number of carbonyl (C=O) groups is 3. The molecule has 0 atom stereocenters. The Kier molecular flexibility index (Phi) is 10.2. The predicted molar refractivity (Wildman–Crippen MR) is 152 cm³/mol. The molecule has 0 radical (unpaired) electrons. The zero-order valence-corrected chi connectivity index (χ0v) is 21.9. The third kappa shape index (κ3) is 8.27. The zero-order valence-electron chi connectivity index (χ0n) is 21.9. The van der Waals surface area contributed by atoms with E-state index >= 15 is 0 Å². The van der Waals surface area contributed by atoms with Gasteiger partial charge in [-0.3, -0.25) is 19.7 Å². The number of rotatable bonds is 15. The SMILES string of the molecule is O=C1NC(=O)C(c2ccccc2)=C1OCCCCCCCCOc1ccc(C=CC(=O)c2ccccc2)cc1. The molecule has 1 heterocycles. The molecule has 1 aliphatic heterocycles. The number of hydrogen-bond donors (Lipinski definition) is 1. The van der Waals surface area contributed by atoms with E-state index in [4.69, 9.17) is 9.47 Å². The van der Waals surface area contributed by atoms with E-state index in [0.717, 1.165) is 49.8 Å². The molecule has 0 bridgehead atoms. The van der Waals surface area contributed by atoms with Gasteiger partial charge in [0.15, 0.2) is 11.5 Å². The van der Waals surface area contributed by atoms with Crippen LogP contribution in [0.2, 0.25) is 0 Å². The van der Waals surface area contributed by atoms with Crippen LogP contribution < -0.4 is 10.1 Å². The lowest BCUT2D eigenvalue weighted by atomic mass is 10.1. The molecule has 6 heteroatoms. The molecule has 0 aromatic heterocycles. The number of ether oxygens (including phenoxy) is 2. The highest BCUT2D eigenvalue weighted by molar-refractivity contribution is 6.35. The van der Waals surface area contributed by atoms with Crippen molar-refractivity contribution in [3.63, 3.8) is 0 Å². The highest BCUT2D eigenvalue weighted by Gasteiger charge is 2.32. The lowest BCUT2D eigenvalue weighted by Crippen LogP contribution is -2.23. The molecule has 200 valence electrons. The van der Waals surface area contributed by atoms with Crippen molar-refractivity contribution >= 4 is 29.2 Å². The maximum absolute atomic E-state index is 12.2. The summed E-state index contributed by atoms with van der Waals surface area (Å²) in [6.45, 7) is 1.06. The molecule has 0 saturated carbocycles. The van der Waals surface area contributed by atoms with Crippen LogP contribution in [-0.4, -0.2) is 30.8 Å². The average molecular weight is 524 g/mol. The van der Waals surface area contributed by atoms with Crippen molar-refractivity contribution < 1.29 is 23.9 Å². The summed E-state index contributed by atoms with van der Waals surface area (Å²) in [7, 11) is 0. The van der Waals surface area contributed by atoms with E-state index < -0.39 is 11.8 Å². The normalized spacial score (nSPS) is 13.1. The number of imide groups is 1. The van der Waals surface area contributed by atoms with Crippen molar-refractivity contribution in [3.8, 4) is 5.75 Å². The number of benzene rings is 3. The summed E-state index contributed by atoms with van der Waals surface area (Å²) in [6.07, 6.45) is 9.42. The molecular formula is C33H33NO5. The maximum atomic E-state index is 12.2. The summed E-state index contributed by atoms with van der Waals surface area (Å²) in [4.78, 5) is 36.5. The summed E-state index contributed by atoms with van der Waals surface area (Å²) in [6, 6.07) is 26.0. The molecule has 0 aliphatic carbocycles. The Balaban J connectivity index is 1.07. The Hall–Kier alpha value is -4.45. The monoisotopic (exact) mass is 523 g/mol. The summed E-state index contributed by atoms with van der Waals surface area (Å²) >= 11 is 0. The van der Waals surface area contributed by atoms with Crippen LogP contribution >= 0.6 is 0 Å². The van der Waals surface area contributed by atoms with E-state index in [-0.39, 0.29) is 11.5 Å². The Morgan fingerprint density at radius 2 is 1.26 bits per heavy atom. The molecule has 3 aromatic rings. The fraction of sp³-hybridized carbons (Fsp3) is 0.242. The van der Waals surface area contributed by atoms with Crippen LogP contribution in [0.1, 0.15) is 60.0 Å². The first-order valence-electron chi connectivity index (χ1n) is 13.4. The molecular weight excluding hydrogens is 490 g/mol. The van der Waals surface area contributed by atoms with Gasteiger partial charge in [-0.25, -0.2) is 0 Å². The van der Waals surface area contributed by atoms with Crippen LogP contribution in [-0.2, 0) is 14.3 Å². The van der Waals surface area contributed by atoms with Gasteiger partial charge in [0.05, 0.1) is 18.8 Å². The molecule has 1 aliphatic rings. The second-order valence-electron chi connectivity index (χ2n) is 9.30. The smallest absolute Gasteiger partial charge is 0.294 e. The lowest BCUT2D eigenvalue weighted by molar-refractivity contribution is -0.125. The Morgan fingerprint density at radius 3 is 1.92 bits per heavy atom. The minimum absolute atomic E-state index is 0.0178. The van der Waals surface area contributed by atoms with Crippen LogP contribution in [0.3, 0.4) is 0 Å². The molecule has 0 unspecified atom stereocenters. The third-order valence-electron chi connectivity index (χ3n) is 6.37. The van der Waals surface area contributed by atoms with E-state index in [1.54, 1.807) is 30.3 Å². The number of amides is 2. The predicted octanol–water partition coefficient (Wildman–Crippen LogP) is 6.39. The van der Waals surface area contributed by atoms with Crippen molar-refractivity contribution in [1.29, 1.82) is 0 Å². The van der Waals surface area contributed by atoms with Crippen LogP contribution in [0, 0.1) is 0 Å². The van der Waals surface area contributed by atoms with Gasteiger partial charge in [-0.2, -0.15) is 0 Å². The van der Waals surface area contributed by atoms with Crippen LogP contribution in [0.4, 0.5) is 0 Å². The Bertz CT molecular complexity index is 1310. The average Bonchev–Trinajstić information content (AvgIpc) is 3.26. The second kappa shape index (κ2) is 14.5. The number of hydrogen-bond acceptors (Lipinski definition) is 5. The first kappa shape index (κ1) is 27.6. The summed E-state index contributed by atoms with van der Waals surface area (Å²) in [5.74, 6) is 0.0377. The molecule has 39 heavy (non-hydrogen) atoms. The number of ketones is 1. The number of carbonyl (C=O) groups excluding carboxylic acids is 3. The van der Waals surface area contributed by atoms with Gasteiger partial charge in [-0.05, 0) is 42.2 Å². The Morgan fingerprint density at radius 1 is 0.667 bits per heavy atom.